The molecular formula is C14H17NO4. The minimum Gasteiger partial charge on any atom is -0.478 e. The number of ether oxygens (including phenoxy) is 1. The van der Waals surface area contributed by atoms with Crippen molar-refractivity contribution in [2.45, 2.75) is 25.9 Å². The maximum Gasteiger partial charge on any atom is 0.335 e. The van der Waals surface area contributed by atoms with Crippen LogP contribution in [0.4, 0.5) is 5.69 Å². The standard InChI is InChI=1S/C14H17NO4/c1-9-8-11(6-7-19-9)13(16)15-12-4-2-10(3-5-12)14(17)18/h2-5,9,11H,6-8H2,1H3,(H,15,16)(H,17,18). The maximum absolute atomic E-state index is 12.0. The smallest absolute Gasteiger partial charge is 0.335 e. The minimum atomic E-state index is -0.976. The van der Waals surface area contributed by atoms with Gasteiger partial charge in [-0.05, 0) is 44.0 Å². The van der Waals surface area contributed by atoms with E-state index in [0.29, 0.717) is 12.3 Å². The summed E-state index contributed by atoms with van der Waals surface area (Å²) in [6, 6.07) is 6.16. The number of carboxylic acids is 1. The zero-order chi connectivity index (χ0) is 13.8. The van der Waals surface area contributed by atoms with Gasteiger partial charge in [0.25, 0.3) is 0 Å². The molecule has 102 valence electrons. The van der Waals surface area contributed by atoms with Crippen LogP contribution in [0.1, 0.15) is 30.1 Å². The number of carboxylic acid groups (broad SMARTS) is 1. The zero-order valence-corrected chi connectivity index (χ0v) is 10.8. The summed E-state index contributed by atoms with van der Waals surface area (Å²) >= 11 is 0. The highest BCUT2D eigenvalue weighted by Gasteiger charge is 2.25. The normalized spacial score (nSPS) is 22.8. The fraction of sp³-hybridized carbons (Fsp3) is 0.429. The molecule has 1 aliphatic heterocycles. The molecule has 0 spiro atoms. The number of aromatic carboxylic acids is 1. The average molecular weight is 263 g/mol. The van der Waals surface area contributed by atoms with E-state index >= 15 is 0 Å². The first-order valence-corrected chi connectivity index (χ1v) is 6.32. The Morgan fingerprint density at radius 1 is 1.32 bits per heavy atom. The first-order valence-electron chi connectivity index (χ1n) is 6.32. The molecule has 2 unspecified atom stereocenters. The Kier molecular flexibility index (Phi) is 4.16. The lowest BCUT2D eigenvalue weighted by Gasteiger charge is -2.26. The van der Waals surface area contributed by atoms with Crippen LogP contribution in [0, 0.1) is 5.92 Å². The van der Waals surface area contributed by atoms with Crippen LogP contribution in [0.3, 0.4) is 0 Å². The lowest BCUT2D eigenvalue weighted by Crippen LogP contribution is -2.32. The van der Waals surface area contributed by atoms with E-state index in [-0.39, 0.29) is 23.5 Å². The first kappa shape index (κ1) is 13.5. The van der Waals surface area contributed by atoms with Gasteiger partial charge in [-0.15, -0.1) is 0 Å². The second-order valence-electron chi connectivity index (χ2n) is 4.77. The third-order valence-corrected chi connectivity index (χ3v) is 3.26. The number of hydrogen-bond acceptors (Lipinski definition) is 3. The fourth-order valence-corrected chi connectivity index (χ4v) is 2.18. The number of benzene rings is 1. The molecule has 0 saturated carbocycles. The van der Waals surface area contributed by atoms with E-state index in [2.05, 4.69) is 5.32 Å². The zero-order valence-electron chi connectivity index (χ0n) is 10.8. The molecule has 1 aromatic rings. The lowest BCUT2D eigenvalue weighted by molar-refractivity contribution is -0.124. The molecule has 5 heteroatoms. The van der Waals surface area contributed by atoms with Gasteiger partial charge < -0.3 is 15.2 Å². The predicted octanol–water partition coefficient (Wildman–Crippen LogP) is 2.14. The van der Waals surface area contributed by atoms with Crippen LogP contribution in [0.15, 0.2) is 24.3 Å². The van der Waals surface area contributed by atoms with Gasteiger partial charge in [0.2, 0.25) is 5.91 Å². The summed E-state index contributed by atoms with van der Waals surface area (Å²) in [5.74, 6) is -1.04. The van der Waals surface area contributed by atoms with Gasteiger partial charge in [0, 0.05) is 18.2 Å². The highest BCUT2D eigenvalue weighted by atomic mass is 16.5. The van der Waals surface area contributed by atoms with Gasteiger partial charge in [-0.25, -0.2) is 4.79 Å². The number of hydrogen-bond donors (Lipinski definition) is 2. The average Bonchev–Trinajstić information content (AvgIpc) is 2.39. The highest BCUT2D eigenvalue weighted by Crippen LogP contribution is 2.21. The molecule has 0 bridgehead atoms. The van der Waals surface area contributed by atoms with Gasteiger partial charge in [-0.3, -0.25) is 4.79 Å². The van der Waals surface area contributed by atoms with Crippen LogP contribution in [0.25, 0.3) is 0 Å². The number of nitrogens with one attached hydrogen (secondary N) is 1. The van der Waals surface area contributed by atoms with Gasteiger partial charge in [0.15, 0.2) is 0 Å². The number of amides is 1. The summed E-state index contributed by atoms with van der Waals surface area (Å²) in [4.78, 5) is 22.8. The van der Waals surface area contributed by atoms with Crippen molar-refractivity contribution in [2.24, 2.45) is 5.92 Å². The summed E-state index contributed by atoms with van der Waals surface area (Å²) in [6.07, 6.45) is 1.56. The van der Waals surface area contributed by atoms with Crippen LogP contribution in [-0.4, -0.2) is 29.7 Å². The molecule has 2 atom stereocenters. The number of carbonyl (C=O) groups is 2. The van der Waals surface area contributed by atoms with E-state index in [0.717, 1.165) is 12.8 Å². The maximum atomic E-state index is 12.0. The summed E-state index contributed by atoms with van der Waals surface area (Å²) < 4.78 is 5.41. The van der Waals surface area contributed by atoms with E-state index in [4.69, 9.17) is 9.84 Å². The molecule has 2 N–H and O–H groups in total. The molecule has 0 aliphatic carbocycles. The quantitative estimate of drug-likeness (QED) is 0.876. The number of rotatable bonds is 3. The molecule has 0 aromatic heterocycles. The molecule has 1 saturated heterocycles. The molecule has 0 radical (unpaired) electrons. The van der Waals surface area contributed by atoms with Crippen LogP contribution in [-0.2, 0) is 9.53 Å². The largest absolute Gasteiger partial charge is 0.478 e. The van der Waals surface area contributed by atoms with Crippen LogP contribution in [0.5, 0.6) is 0 Å². The molecule has 2 rings (SSSR count). The number of carbonyl (C=O) groups excluding carboxylic acids is 1. The highest BCUT2D eigenvalue weighted by molar-refractivity contribution is 5.93. The fourth-order valence-electron chi connectivity index (χ4n) is 2.18. The second-order valence-corrected chi connectivity index (χ2v) is 4.77. The molecule has 1 aromatic carbocycles. The third-order valence-electron chi connectivity index (χ3n) is 3.26. The van der Waals surface area contributed by atoms with Crippen molar-refractivity contribution in [2.75, 3.05) is 11.9 Å². The Hall–Kier alpha value is -1.88. The van der Waals surface area contributed by atoms with Crippen molar-refractivity contribution in [3.8, 4) is 0 Å². The third kappa shape index (κ3) is 3.54. The topological polar surface area (TPSA) is 75.6 Å². The minimum absolute atomic E-state index is 0.0294. The van der Waals surface area contributed by atoms with Crippen LogP contribution < -0.4 is 5.32 Å². The Morgan fingerprint density at radius 3 is 2.58 bits per heavy atom. The molecule has 19 heavy (non-hydrogen) atoms. The summed E-state index contributed by atoms with van der Waals surface area (Å²) in [5.41, 5.74) is 0.826. The summed E-state index contributed by atoms with van der Waals surface area (Å²) in [6.45, 7) is 2.57. The molecule has 1 heterocycles. The van der Waals surface area contributed by atoms with E-state index in [9.17, 15) is 9.59 Å². The van der Waals surface area contributed by atoms with Gasteiger partial charge in [-0.1, -0.05) is 0 Å². The molecule has 5 nitrogen and oxygen atoms in total. The molecular weight excluding hydrogens is 246 g/mol. The van der Waals surface area contributed by atoms with Crippen molar-refractivity contribution in [3.05, 3.63) is 29.8 Å². The second kappa shape index (κ2) is 5.84. The first-order chi connectivity index (χ1) is 9.06. The van der Waals surface area contributed by atoms with E-state index < -0.39 is 5.97 Å². The van der Waals surface area contributed by atoms with Crippen LogP contribution in [0.2, 0.25) is 0 Å². The van der Waals surface area contributed by atoms with Gasteiger partial charge >= 0.3 is 5.97 Å². The van der Waals surface area contributed by atoms with Crippen molar-refractivity contribution < 1.29 is 19.4 Å². The van der Waals surface area contributed by atoms with E-state index in [1.54, 1.807) is 12.1 Å². The van der Waals surface area contributed by atoms with Gasteiger partial charge in [0.1, 0.15) is 0 Å². The van der Waals surface area contributed by atoms with Crippen molar-refractivity contribution >= 4 is 17.6 Å². The SMILES string of the molecule is CC1CC(C(=O)Nc2ccc(C(=O)O)cc2)CCO1. The summed E-state index contributed by atoms with van der Waals surface area (Å²) in [5, 5.41) is 11.6. The van der Waals surface area contributed by atoms with Crippen molar-refractivity contribution in [1.82, 2.24) is 0 Å². The van der Waals surface area contributed by atoms with Crippen molar-refractivity contribution in [3.63, 3.8) is 0 Å². The summed E-state index contributed by atoms with van der Waals surface area (Å²) in [7, 11) is 0. The van der Waals surface area contributed by atoms with E-state index in [1.807, 2.05) is 6.92 Å². The molecule has 1 fully saturated rings. The monoisotopic (exact) mass is 263 g/mol. The molecule has 1 amide bonds. The Morgan fingerprint density at radius 2 is 2.00 bits per heavy atom. The Bertz CT molecular complexity index is 469. The van der Waals surface area contributed by atoms with Gasteiger partial charge in [0.05, 0.1) is 11.7 Å². The van der Waals surface area contributed by atoms with Gasteiger partial charge in [-0.2, -0.15) is 0 Å². The Balaban J connectivity index is 1.96. The van der Waals surface area contributed by atoms with Crippen LogP contribution >= 0.6 is 0 Å². The number of anilines is 1. The molecule has 1 aliphatic rings. The lowest BCUT2D eigenvalue weighted by atomic mass is 9.95. The Labute approximate surface area is 111 Å². The van der Waals surface area contributed by atoms with E-state index in [1.165, 1.54) is 12.1 Å². The predicted molar refractivity (Wildman–Crippen MR) is 70.2 cm³/mol. The van der Waals surface area contributed by atoms with Crippen molar-refractivity contribution in [1.29, 1.82) is 0 Å².